The van der Waals surface area contributed by atoms with E-state index >= 15 is 0 Å². The number of nitrogens with zero attached hydrogens (tertiary/aromatic N) is 3. The SMILES string of the molecule is Cn1ncc2cc(C(N)=O)c(Oc3ccc(OCCC(=O)N4CCOCC4)cc3F)cc21. The molecule has 1 saturated heterocycles. The van der Waals surface area contributed by atoms with Crippen molar-refractivity contribution in [1.29, 1.82) is 0 Å². The number of carbonyl (C=O) groups excluding carboxylic acids is 2. The molecule has 2 heterocycles. The highest BCUT2D eigenvalue weighted by Gasteiger charge is 2.18. The highest BCUT2D eigenvalue weighted by molar-refractivity contribution is 6.00. The van der Waals surface area contributed by atoms with Crippen molar-refractivity contribution in [3.05, 3.63) is 47.9 Å². The second-order valence-electron chi connectivity index (χ2n) is 7.33. The molecule has 4 rings (SSSR count). The topological polar surface area (TPSA) is 109 Å². The highest BCUT2D eigenvalue weighted by atomic mass is 19.1. The van der Waals surface area contributed by atoms with Crippen LogP contribution in [0.4, 0.5) is 4.39 Å². The molecular weight excluding hydrogens is 419 g/mol. The number of aromatic nitrogens is 2. The molecule has 1 aromatic heterocycles. The molecule has 1 fully saturated rings. The average molecular weight is 442 g/mol. The molecule has 0 saturated carbocycles. The number of amides is 2. The second-order valence-corrected chi connectivity index (χ2v) is 7.33. The summed E-state index contributed by atoms with van der Waals surface area (Å²) < 4.78 is 32.7. The van der Waals surface area contributed by atoms with E-state index in [4.69, 9.17) is 19.9 Å². The lowest BCUT2D eigenvalue weighted by molar-refractivity contribution is -0.135. The summed E-state index contributed by atoms with van der Waals surface area (Å²) in [5, 5.41) is 4.84. The van der Waals surface area contributed by atoms with Crippen LogP contribution in [0.15, 0.2) is 36.5 Å². The van der Waals surface area contributed by atoms with Gasteiger partial charge in [-0.05, 0) is 18.2 Å². The number of nitrogens with two attached hydrogens (primary N) is 1. The van der Waals surface area contributed by atoms with Gasteiger partial charge < -0.3 is 24.8 Å². The summed E-state index contributed by atoms with van der Waals surface area (Å²) in [5.41, 5.74) is 6.28. The summed E-state index contributed by atoms with van der Waals surface area (Å²) in [6.45, 7) is 2.32. The highest BCUT2D eigenvalue weighted by Crippen LogP contribution is 2.32. The number of halogens is 1. The smallest absolute Gasteiger partial charge is 0.252 e. The predicted octanol–water partition coefficient (Wildman–Crippen LogP) is 2.23. The molecule has 2 N–H and O–H groups in total. The number of primary amides is 1. The zero-order chi connectivity index (χ0) is 22.7. The van der Waals surface area contributed by atoms with E-state index in [-0.39, 0.29) is 41.7 Å². The van der Waals surface area contributed by atoms with Gasteiger partial charge in [-0.1, -0.05) is 0 Å². The molecule has 10 heteroatoms. The van der Waals surface area contributed by atoms with Crippen molar-refractivity contribution in [3.63, 3.8) is 0 Å². The largest absolute Gasteiger partial charge is 0.493 e. The van der Waals surface area contributed by atoms with Crippen molar-refractivity contribution >= 4 is 22.7 Å². The van der Waals surface area contributed by atoms with Crippen LogP contribution in [-0.4, -0.2) is 59.4 Å². The van der Waals surface area contributed by atoms with E-state index in [1.165, 1.54) is 18.2 Å². The number of morpholine rings is 1. The normalized spacial score (nSPS) is 13.9. The number of fused-ring (bicyclic) bond motifs is 1. The molecule has 0 atom stereocenters. The molecule has 0 spiro atoms. The van der Waals surface area contributed by atoms with Gasteiger partial charge in [-0.2, -0.15) is 5.10 Å². The summed E-state index contributed by atoms with van der Waals surface area (Å²) in [4.78, 5) is 25.7. The standard InChI is InChI=1S/C22H23FN4O5/c1-26-18-12-20(16(22(24)29)10-14(18)13-25-26)32-19-3-2-15(11-17(19)23)31-7-4-21(28)27-5-8-30-9-6-27/h2-3,10-13H,4-9H2,1H3,(H2,24,29). The van der Waals surface area contributed by atoms with Crippen molar-refractivity contribution in [1.82, 2.24) is 14.7 Å². The maximum atomic E-state index is 14.7. The lowest BCUT2D eigenvalue weighted by Gasteiger charge is -2.26. The van der Waals surface area contributed by atoms with E-state index in [1.807, 2.05) is 0 Å². The van der Waals surface area contributed by atoms with Crippen molar-refractivity contribution in [2.75, 3.05) is 32.9 Å². The lowest BCUT2D eigenvalue weighted by atomic mass is 10.1. The van der Waals surface area contributed by atoms with E-state index < -0.39 is 11.7 Å². The van der Waals surface area contributed by atoms with Crippen molar-refractivity contribution in [2.45, 2.75) is 6.42 Å². The van der Waals surface area contributed by atoms with Crippen LogP contribution >= 0.6 is 0 Å². The summed E-state index contributed by atoms with van der Waals surface area (Å²) in [5.74, 6) is -1.11. The van der Waals surface area contributed by atoms with Crippen LogP contribution in [0.25, 0.3) is 10.9 Å². The first-order valence-electron chi connectivity index (χ1n) is 10.1. The van der Waals surface area contributed by atoms with Gasteiger partial charge in [-0.15, -0.1) is 0 Å². The van der Waals surface area contributed by atoms with Gasteiger partial charge in [0.05, 0.1) is 43.5 Å². The molecule has 0 bridgehead atoms. The summed E-state index contributed by atoms with van der Waals surface area (Å²) in [7, 11) is 1.74. The van der Waals surface area contributed by atoms with Gasteiger partial charge in [0, 0.05) is 37.7 Å². The number of benzene rings is 2. The molecule has 1 aliphatic heterocycles. The van der Waals surface area contributed by atoms with E-state index in [9.17, 15) is 14.0 Å². The fourth-order valence-electron chi connectivity index (χ4n) is 3.46. The Balaban J connectivity index is 1.43. The first kappa shape index (κ1) is 21.6. The molecule has 9 nitrogen and oxygen atoms in total. The molecule has 1 aliphatic rings. The average Bonchev–Trinajstić information content (AvgIpc) is 3.15. The third-order valence-corrected chi connectivity index (χ3v) is 5.18. The minimum Gasteiger partial charge on any atom is -0.493 e. The Bertz CT molecular complexity index is 1160. The third-order valence-electron chi connectivity index (χ3n) is 5.18. The number of rotatable bonds is 7. The van der Waals surface area contributed by atoms with E-state index in [2.05, 4.69) is 5.10 Å². The quantitative estimate of drug-likeness (QED) is 0.601. The van der Waals surface area contributed by atoms with Gasteiger partial charge in [-0.25, -0.2) is 4.39 Å². The van der Waals surface area contributed by atoms with Crippen molar-refractivity contribution in [3.8, 4) is 17.2 Å². The van der Waals surface area contributed by atoms with Gasteiger partial charge >= 0.3 is 0 Å². The van der Waals surface area contributed by atoms with E-state index in [1.54, 1.807) is 35.0 Å². The first-order valence-corrected chi connectivity index (χ1v) is 10.1. The van der Waals surface area contributed by atoms with Crippen LogP contribution in [0.2, 0.25) is 0 Å². The Labute approximate surface area is 183 Å². The van der Waals surface area contributed by atoms with Crippen LogP contribution in [0.1, 0.15) is 16.8 Å². The Hall–Kier alpha value is -3.66. The maximum Gasteiger partial charge on any atom is 0.252 e. The lowest BCUT2D eigenvalue weighted by Crippen LogP contribution is -2.41. The summed E-state index contributed by atoms with van der Waals surface area (Å²) in [6, 6.07) is 7.24. The van der Waals surface area contributed by atoms with Crippen LogP contribution in [0, 0.1) is 5.82 Å². The molecule has 0 unspecified atom stereocenters. The van der Waals surface area contributed by atoms with Gasteiger partial charge in [-0.3, -0.25) is 14.3 Å². The summed E-state index contributed by atoms with van der Waals surface area (Å²) in [6.07, 6.45) is 1.79. The number of hydrogen-bond acceptors (Lipinski definition) is 6. The van der Waals surface area contributed by atoms with E-state index in [0.717, 1.165) is 0 Å². The van der Waals surface area contributed by atoms with Gasteiger partial charge in [0.1, 0.15) is 11.5 Å². The molecular formula is C22H23FN4O5. The zero-order valence-electron chi connectivity index (χ0n) is 17.5. The monoisotopic (exact) mass is 442 g/mol. The summed E-state index contributed by atoms with van der Waals surface area (Å²) >= 11 is 0. The van der Waals surface area contributed by atoms with Gasteiger partial charge in [0.15, 0.2) is 11.6 Å². The van der Waals surface area contributed by atoms with Crippen molar-refractivity contribution in [2.24, 2.45) is 12.8 Å². The first-order chi connectivity index (χ1) is 15.4. The number of carbonyl (C=O) groups is 2. The number of ether oxygens (including phenoxy) is 3. The molecule has 32 heavy (non-hydrogen) atoms. The Morgan fingerprint density at radius 1 is 1.19 bits per heavy atom. The second kappa shape index (κ2) is 9.23. The van der Waals surface area contributed by atoms with Gasteiger partial charge in [0.25, 0.3) is 5.91 Å². The zero-order valence-corrected chi connectivity index (χ0v) is 17.5. The minimum absolute atomic E-state index is 0.0294. The van der Waals surface area contributed by atoms with Crippen molar-refractivity contribution < 1.29 is 28.2 Å². The Morgan fingerprint density at radius 2 is 1.97 bits per heavy atom. The van der Waals surface area contributed by atoms with Crippen LogP contribution in [0.3, 0.4) is 0 Å². The fraction of sp³-hybridized carbons (Fsp3) is 0.318. The Morgan fingerprint density at radius 3 is 2.69 bits per heavy atom. The number of hydrogen-bond donors (Lipinski definition) is 1. The molecule has 0 aliphatic carbocycles. The fourth-order valence-corrected chi connectivity index (χ4v) is 3.46. The predicted molar refractivity (Wildman–Crippen MR) is 113 cm³/mol. The molecule has 3 aromatic rings. The molecule has 0 radical (unpaired) electrons. The molecule has 168 valence electrons. The molecule has 2 amide bonds. The minimum atomic E-state index is -0.698. The van der Waals surface area contributed by atoms with Gasteiger partial charge in [0.2, 0.25) is 5.91 Å². The van der Waals surface area contributed by atoms with E-state index in [0.29, 0.717) is 37.2 Å². The number of aryl methyl sites for hydroxylation is 1. The van der Waals surface area contributed by atoms with Crippen LogP contribution in [-0.2, 0) is 16.6 Å². The van der Waals surface area contributed by atoms with Crippen LogP contribution < -0.4 is 15.2 Å². The third kappa shape index (κ3) is 4.65. The molecule has 2 aromatic carbocycles. The van der Waals surface area contributed by atoms with Crippen LogP contribution in [0.5, 0.6) is 17.2 Å². The maximum absolute atomic E-state index is 14.7. The Kier molecular flexibility index (Phi) is 6.22.